The molecule has 8 heavy (non-hydrogen) atoms. The minimum atomic E-state index is 0. The van der Waals surface area contributed by atoms with Gasteiger partial charge < -0.3 is 36.9 Å². The van der Waals surface area contributed by atoms with Crippen molar-refractivity contribution in [3.63, 3.8) is 0 Å². The second-order valence-electron chi connectivity index (χ2n) is 0. The summed E-state index contributed by atoms with van der Waals surface area (Å²) in [4.78, 5) is 0. The Morgan fingerprint density at radius 1 is 0.375 bits per heavy atom. The van der Waals surface area contributed by atoms with Gasteiger partial charge in [0.25, 0.3) is 0 Å². The smallest absolute Gasteiger partial charge is 0 e. The van der Waals surface area contributed by atoms with Crippen molar-refractivity contribution in [3.8, 4) is 0 Å². The third-order valence-corrected chi connectivity index (χ3v) is 0. The van der Waals surface area contributed by atoms with Crippen molar-refractivity contribution in [2.75, 3.05) is 0 Å². The van der Waals surface area contributed by atoms with E-state index < -0.39 is 0 Å². The Morgan fingerprint density at radius 2 is 0.375 bits per heavy atom. The summed E-state index contributed by atoms with van der Waals surface area (Å²) in [5.74, 6) is 0. The Bertz CT molecular complexity index is 8.49. The van der Waals surface area contributed by atoms with Crippen molar-refractivity contribution >= 4 is 12.4 Å². The van der Waals surface area contributed by atoms with E-state index >= 15 is 0 Å². The van der Waals surface area contributed by atoms with Crippen LogP contribution in [0.4, 0.5) is 0 Å². The van der Waals surface area contributed by atoms with Gasteiger partial charge in [0.05, 0.1) is 0 Å². The van der Waals surface area contributed by atoms with Gasteiger partial charge in [0, 0.05) is 16.8 Å². The number of hydrogen-bond donors (Lipinski definition) is 0. The second kappa shape index (κ2) is 1050. The Balaban J connectivity index is 0. The molecule has 0 saturated heterocycles. The Labute approximate surface area is 66.7 Å². The van der Waals surface area contributed by atoms with Gasteiger partial charge in [0.2, 0.25) is 0 Å². The molecule has 0 heterocycles. The van der Waals surface area contributed by atoms with Crippen LogP contribution in [0.2, 0.25) is 0 Å². The van der Waals surface area contributed by atoms with Crippen molar-refractivity contribution < 1.29 is 16.8 Å². The molecule has 0 bridgehead atoms. The predicted molar refractivity (Wildman–Crippen MR) is 39.0 cm³/mol. The minimum absolute atomic E-state index is 0. The molecule has 0 aliphatic carbocycles. The van der Waals surface area contributed by atoms with E-state index in [2.05, 4.69) is 0 Å². The SMILES string of the molecule is Cl.[Co].[NH2-].[NH2-].[NH2-].[NH2-].[NH2-].[NH2-]. The summed E-state index contributed by atoms with van der Waals surface area (Å²) >= 11 is 0. The summed E-state index contributed by atoms with van der Waals surface area (Å²) in [7, 11) is 0. The maximum absolute atomic E-state index is 0. The third-order valence-electron chi connectivity index (χ3n) is 0. The van der Waals surface area contributed by atoms with Crippen LogP contribution in [-0.2, 0) is 16.8 Å². The fourth-order valence-electron chi connectivity index (χ4n) is 0. The molecule has 12 N–H and O–H groups in total. The molecular formula is H13ClCoN6-6. The van der Waals surface area contributed by atoms with Crippen LogP contribution < -0.4 is 0 Å². The summed E-state index contributed by atoms with van der Waals surface area (Å²) in [5.41, 5.74) is 0. The predicted octanol–water partition coefficient (Wildman–Crippen LogP) is 4.72. The maximum Gasteiger partial charge on any atom is 0 e. The average molecular weight is 192 g/mol. The van der Waals surface area contributed by atoms with Crippen molar-refractivity contribution in [1.82, 2.24) is 0 Å². The topological polar surface area (TPSA) is 201 Å². The van der Waals surface area contributed by atoms with Gasteiger partial charge in [-0.25, -0.2) is 0 Å². The normalized spacial score (nSPS) is 0. The zero-order valence-electron chi connectivity index (χ0n) is 4.21. The first kappa shape index (κ1) is 1580. The van der Waals surface area contributed by atoms with Gasteiger partial charge in [-0.1, -0.05) is 0 Å². The Kier molecular flexibility index (Phi) is 207000. The second-order valence-corrected chi connectivity index (χ2v) is 0. The van der Waals surface area contributed by atoms with Crippen LogP contribution >= 0.6 is 12.4 Å². The van der Waals surface area contributed by atoms with Gasteiger partial charge in [-0.3, -0.25) is 0 Å². The number of rotatable bonds is 0. The van der Waals surface area contributed by atoms with Crippen molar-refractivity contribution in [3.05, 3.63) is 36.9 Å². The molecule has 8 heteroatoms. The fraction of sp³-hybridized carbons (Fsp3) is 0. The molecule has 0 aromatic carbocycles. The first-order valence-corrected chi connectivity index (χ1v) is 0. The molecule has 0 aromatic rings. The molecule has 1 radical (unpaired) electrons. The van der Waals surface area contributed by atoms with E-state index in [0.29, 0.717) is 0 Å². The number of halogens is 1. The summed E-state index contributed by atoms with van der Waals surface area (Å²) in [6, 6.07) is 0. The fourth-order valence-corrected chi connectivity index (χ4v) is 0. The summed E-state index contributed by atoms with van der Waals surface area (Å²) in [5, 5.41) is 0. The Hall–Kier alpha value is 0.556. The molecule has 65 valence electrons. The van der Waals surface area contributed by atoms with E-state index in [4.69, 9.17) is 0 Å². The van der Waals surface area contributed by atoms with E-state index in [9.17, 15) is 0 Å². The molecule has 0 aliphatic rings. The van der Waals surface area contributed by atoms with Crippen LogP contribution in [0.5, 0.6) is 0 Å². The monoisotopic (exact) mass is 191 g/mol. The molecule has 0 fully saturated rings. The molecule has 0 spiro atoms. The van der Waals surface area contributed by atoms with Gasteiger partial charge in [0.1, 0.15) is 0 Å². The standard InChI is InChI=1S/ClH.Co.6H2N/h1H;;6*1H2/q;;6*-1. The van der Waals surface area contributed by atoms with Crippen LogP contribution in [0.3, 0.4) is 0 Å². The largest absolute Gasteiger partial charge is 0.693 e. The summed E-state index contributed by atoms with van der Waals surface area (Å²) < 4.78 is 0. The van der Waals surface area contributed by atoms with Crippen LogP contribution in [0.25, 0.3) is 36.9 Å². The van der Waals surface area contributed by atoms with Crippen molar-refractivity contribution in [1.29, 1.82) is 0 Å². The molecule has 0 rings (SSSR count). The van der Waals surface area contributed by atoms with Gasteiger partial charge in [0.15, 0.2) is 0 Å². The van der Waals surface area contributed by atoms with Crippen LogP contribution in [0.15, 0.2) is 0 Å². The van der Waals surface area contributed by atoms with E-state index in [1.165, 1.54) is 0 Å². The van der Waals surface area contributed by atoms with Gasteiger partial charge in [-0.15, -0.1) is 12.4 Å². The Morgan fingerprint density at radius 3 is 0.375 bits per heavy atom. The van der Waals surface area contributed by atoms with E-state index in [0.717, 1.165) is 0 Å². The quantitative estimate of drug-likeness (QED) is 0.510. The van der Waals surface area contributed by atoms with Gasteiger partial charge >= 0.3 is 0 Å². The minimum Gasteiger partial charge on any atom is -0.693 e. The molecule has 0 unspecified atom stereocenters. The molecule has 0 atom stereocenters. The van der Waals surface area contributed by atoms with Crippen LogP contribution in [0, 0.1) is 0 Å². The van der Waals surface area contributed by atoms with E-state index in [-0.39, 0.29) is 66.1 Å². The molecule has 0 aliphatic heterocycles. The molecule has 0 aromatic heterocycles. The third kappa shape index (κ3) is 654. The number of nitrogens with two attached hydrogens (primary N) is 6. The van der Waals surface area contributed by atoms with Gasteiger partial charge in [-0.2, -0.15) is 0 Å². The summed E-state index contributed by atoms with van der Waals surface area (Å²) in [6.45, 7) is 0. The first-order chi connectivity index (χ1) is 0. The van der Waals surface area contributed by atoms with Crippen LogP contribution in [0.1, 0.15) is 0 Å². The number of hydrogen-bond acceptors (Lipinski definition) is 0. The van der Waals surface area contributed by atoms with E-state index in [1.54, 1.807) is 0 Å². The summed E-state index contributed by atoms with van der Waals surface area (Å²) in [6.07, 6.45) is 0. The zero-order valence-corrected chi connectivity index (χ0v) is 6.06. The maximum atomic E-state index is 0. The first-order valence-electron chi connectivity index (χ1n) is 0. The van der Waals surface area contributed by atoms with Crippen molar-refractivity contribution in [2.24, 2.45) is 0 Å². The molecule has 6 nitrogen and oxygen atoms in total. The molecular weight excluding hydrogens is 178 g/mol. The molecule has 0 saturated carbocycles. The van der Waals surface area contributed by atoms with Crippen LogP contribution in [-0.4, -0.2) is 0 Å². The molecule has 0 amide bonds. The average Bonchev–Trinajstić information content (AvgIpc) is 0. The zero-order chi connectivity index (χ0) is 0. The van der Waals surface area contributed by atoms with Crippen molar-refractivity contribution in [2.45, 2.75) is 0 Å². The van der Waals surface area contributed by atoms with E-state index in [1.807, 2.05) is 0 Å². The van der Waals surface area contributed by atoms with Gasteiger partial charge in [-0.05, 0) is 0 Å².